The summed E-state index contributed by atoms with van der Waals surface area (Å²) >= 11 is 0. The molecule has 0 atom stereocenters. The van der Waals surface area contributed by atoms with E-state index in [-0.39, 0.29) is 34.3 Å². The van der Waals surface area contributed by atoms with Crippen LogP contribution in [0.1, 0.15) is 32.0 Å². The van der Waals surface area contributed by atoms with Gasteiger partial charge in [0.15, 0.2) is 5.69 Å². The fourth-order valence-electron chi connectivity index (χ4n) is 3.87. The minimum Gasteiger partial charge on any atom is -0.569 e. The molecule has 236 valence electrons. The van der Waals surface area contributed by atoms with E-state index in [4.69, 9.17) is 4.74 Å². The van der Waals surface area contributed by atoms with Gasteiger partial charge in [-0.05, 0) is 58.0 Å². The van der Waals surface area contributed by atoms with Crippen molar-refractivity contribution >= 4 is 21.9 Å². The summed E-state index contributed by atoms with van der Waals surface area (Å²) in [4.78, 5) is 28.6. The van der Waals surface area contributed by atoms with Crippen LogP contribution < -0.4 is 4.72 Å². The third-order valence-corrected chi connectivity index (χ3v) is 7.79. The lowest BCUT2D eigenvalue weighted by molar-refractivity contribution is -0.726. The summed E-state index contributed by atoms with van der Waals surface area (Å²) in [7, 11) is -4.36. The monoisotopic (exact) mass is 638 g/mol. The molecule has 0 bridgehead atoms. The number of aryl methyl sites for hydroxylation is 1. The Morgan fingerprint density at radius 2 is 1.70 bits per heavy atom. The maximum Gasteiger partial charge on any atom is 0.435 e. The van der Waals surface area contributed by atoms with Crippen molar-refractivity contribution in [1.82, 2.24) is 19.5 Å². The Balaban J connectivity index is 1.39. The minimum atomic E-state index is -4.71. The molecule has 17 heteroatoms. The van der Waals surface area contributed by atoms with E-state index in [0.717, 1.165) is 33.5 Å². The van der Waals surface area contributed by atoms with Crippen molar-refractivity contribution in [1.29, 1.82) is 0 Å². The average Bonchev–Trinajstić information content (AvgIpc) is 3.36. The zero-order chi connectivity index (χ0) is 32.4. The molecule has 1 fully saturated rings. The van der Waals surface area contributed by atoms with Crippen LogP contribution in [-0.4, -0.2) is 59.9 Å². The molecule has 1 aromatic heterocycles. The molecule has 2 aromatic carbocycles. The molecule has 4 rings (SSSR count). The number of hydrazine groups is 1. The Labute approximate surface area is 250 Å². The van der Waals surface area contributed by atoms with Gasteiger partial charge in [0.1, 0.15) is 0 Å². The van der Waals surface area contributed by atoms with Crippen LogP contribution in [0.2, 0.25) is 0 Å². The normalized spacial score (nSPS) is 14.6. The maximum atomic E-state index is 13.5. The average molecular weight is 639 g/mol. The molecule has 3 aromatic rings. The van der Waals surface area contributed by atoms with Crippen molar-refractivity contribution in [2.24, 2.45) is 16.6 Å². The Morgan fingerprint density at radius 3 is 2.27 bits per heavy atom. The van der Waals surface area contributed by atoms with Gasteiger partial charge in [-0.1, -0.05) is 29.8 Å². The smallest absolute Gasteiger partial charge is 0.435 e. The number of hydrogen-bond donors (Lipinski definition) is 1. The van der Waals surface area contributed by atoms with E-state index in [1.165, 1.54) is 12.1 Å². The van der Waals surface area contributed by atoms with Gasteiger partial charge >= 0.3 is 12.1 Å². The molecule has 0 radical (unpaired) electrons. The van der Waals surface area contributed by atoms with E-state index in [0.29, 0.717) is 5.56 Å². The van der Waals surface area contributed by atoms with Crippen LogP contribution >= 0.6 is 0 Å². The van der Waals surface area contributed by atoms with E-state index in [1.54, 1.807) is 45.0 Å². The van der Waals surface area contributed by atoms with Crippen LogP contribution in [-0.2, 0) is 35.4 Å². The molecular weight excluding hydrogens is 609 g/mol. The van der Waals surface area contributed by atoms with Crippen LogP contribution in [0.5, 0.6) is 0 Å². The Bertz CT molecular complexity index is 1660. The standard InChI is InChI=1S/C27H29F3N6O7S/c1-17-5-7-18(8-6-17)22-13-23(27(28,29)30)31-35(22)20-9-11-21(12-10-20)44(40,41)32-24(37)19-14-34(15-19)36(39)33-43-16-42-25(38)26(2,3)4/h5-13,19H,14-16H2,1-4H3,(H,32,37). The number of sulfonamides is 1. The molecule has 0 spiro atoms. The summed E-state index contributed by atoms with van der Waals surface area (Å²) in [6.45, 7) is 5.80. The number of aromatic nitrogens is 2. The van der Waals surface area contributed by atoms with Gasteiger partial charge in [0.25, 0.3) is 16.8 Å². The van der Waals surface area contributed by atoms with E-state index in [2.05, 4.69) is 15.2 Å². The van der Waals surface area contributed by atoms with Gasteiger partial charge < -0.3 is 14.8 Å². The van der Waals surface area contributed by atoms with E-state index in [9.17, 15) is 36.4 Å². The van der Waals surface area contributed by atoms with Gasteiger partial charge in [-0.3, -0.25) is 9.59 Å². The third-order valence-electron chi connectivity index (χ3n) is 6.43. The number of hydrogen-bond acceptors (Lipinski definition) is 9. The van der Waals surface area contributed by atoms with Gasteiger partial charge in [0.05, 0.1) is 45.7 Å². The number of carbonyl (C=O) groups is 2. The maximum absolute atomic E-state index is 13.5. The molecule has 2 heterocycles. The summed E-state index contributed by atoms with van der Waals surface area (Å²) in [5.74, 6) is -2.30. The van der Waals surface area contributed by atoms with E-state index in [1.807, 2.05) is 11.6 Å². The highest BCUT2D eigenvalue weighted by atomic mass is 32.2. The number of nitrogens with one attached hydrogen (secondary N) is 1. The molecule has 1 aliphatic heterocycles. The number of ether oxygens (including phenoxy) is 1. The van der Waals surface area contributed by atoms with Crippen molar-refractivity contribution < 1.29 is 45.7 Å². The Hall–Kier alpha value is -4.67. The number of nitrogens with zero attached hydrogens (tertiary/aromatic N) is 5. The number of amides is 1. The molecule has 0 saturated carbocycles. The fraction of sp³-hybridized carbons (Fsp3) is 0.370. The zero-order valence-corrected chi connectivity index (χ0v) is 24.8. The first-order chi connectivity index (χ1) is 20.5. The molecule has 13 nitrogen and oxygen atoms in total. The number of esters is 1. The summed E-state index contributed by atoms with van der Waals surface area (Å²) in [5, 5.41) is 19.9. The summed E-state index contributed by atoms with van der Waals surface area (Å²) < 4.78 is 73.9. The second kappa shape index (κ2) is 12.1. The first-order valence-corrected chi connectivity index (χ1v) is 14.6. The van der Waals surface area contributed by atoms with Crippen molar-refractivity contribution in [3.05, 3.63) is 71.1 Å². The number of benzene rings is 2. The van der Waals surface area contributed by atoms with Gasteiger partial charge in [-0.15, -0.1) is 5.01 Å². The predicted molar refractivity (Wildman–Crippen MR) is 147 cm³/mol. The lowest BCUT2D eigenvalue weighted by Gasteiger charge is -2.32. The molecule has 1 N–H and O–H groups in total. The lowest BCUT2D eigenvalue weighted by atomic mass is 9.98. The Kier molecular flexibility index (Phi) is 8.90. The van der Waals surface area contributed by atoms with Gasteiger partial charge in [-0.25, -0.2) is 17.8 Å². The van der Waals surface area contributed by atoms with Crippen LogP contribution in [0, 0.1) is 23.5 Å². The topological polar surface area (TPSA) is 158 Å². The molecular formula is C27H29F3N6O7S. The third kappa shape index (κ3) is 7.45. The van der Waals surface area contributed by atoms with E-state index >= 15 is 0 Å². The van der Waals surface area contributed by atoms with Crippen LogP contribution in [0.4, 0.5) is 13.2 Å². The first-order valence-electron chi connectivity index (χ1n) is 13.1. The molecule has 44 heavy (non-hydrogen) atoms. The van der Waals surface area contributed by atoms with Crippen molar-refractivity contribution in [2.75, 3.05) is 19.9 Å². The molecule has 0 aliphatic carbocycles. The second-order valence-corrected chi connectivity index (χ2v) is 12.7. The highest BCUT2D eigenvalue weighted by molar-refractivity contribution is 7.90. The second-order valence-electron chi connectivity index (χ2n) is 11.0. The molecule has 1 aliphatic rings. The Morgan fingerprint density at radius 1 is 1.09 bits per heavy atom. The zero-order valence-electron chi connectivity index (χ0n) is 24.0. The SMILES string of the molecule is Cc1ccc(-c2cc(C(F)(F)F)nn2-c2ccc(S(=O)(=O)NC(=O)C3CN([N+]([O-])=NOCOC(=O)C(C)(C)C)C3)cc2)cc1. The lowest BCUT2D eigenvalue weighted by Crippen LogP contribution is -2.56. The predicted octanol–water partition coefficient (Wildman–Crippen LogP) is 3.96. The van der Waals surface area contributed by atoms with Gasteiger partial charge in [0, 0.05) is 5.56 Å². The van der Waals surface area contributed by atoms with Gasteiger partial charge in [-0.2, -0.15) is 18.3 Å². The van der Waals surface area contributed by atoms with Gasteiger partial charge in [0.2, 0.25) is 11.2 Å². The van der Waals surface area contributed by atoms with Crippen LogP contribution in [0.15, 0.2) is 64.8 Å². The van der Waals surface area contributed by atoms with E-state index < -0.39 is 51.9 Å². The van der Waals surface area contributed by atoms with Crippen molar-refractivity contribution in [2.45, 2.75) is 38.8 Å². The summed E-state index contributed by atoms with van der Waals surface area (Å²) in [5.41, 5.74) is -0.208. The van der Waals surface area contributed by atoms with Crippen molar-refractivity contribution in [3.8, 4) is 16.9 Å². The first kappa shape index (κ1) is 32.2. The van der Waals surface area contributed by atoms with Crippen molar-refractivity contribution in [3.63, 3.8) is 0 Å². The largest absolute Gasteiger partial charge is 0.569 e. The number of carbonyl (C=O) groups excluding carboxylic acids is 2. The fourth-order valence-corrected chi connectivity index (χ4v) is 4.91. The number of rotatable bonds is 9. The summed E-state index contributed by atoms with van der Waals surface area (Å²) in [6, 6.07) is 12.5. The minimum absolute atomic E-state index is 0.0479. The highest BCUT2D eigenvalue weighted by Gasteiger charge is 2.40. The molecule has 1 saturated heterocycles. The molecule has 1 amide bonds. The molecule has 0 unspecified atom stereocenters. The quantitative estimate of drug-likeness (QED) is 0.0915. The van der Waals surface area contributed by atoms with Crippen LogP contribution in [0.3, 0.4) is 0 Å². The summed E-state index contributed by atoms with van der Waals surface area (Å²) in [6.07, 6.45) is -4.71. The van der Waals surface area contributed by atoms with Crippen LogP contribution in [0.25, 0.3) is 16.9 Å². The highest BCUT2D eigenvalue weighted by Crippen LogP contribution is 2.33. The number of alkyl halides is 3. The number of halogens is 3.